The molecule has 2 aromatic rings. The Morgan fingerprint density at radius 1 is 0.700 bits per heavy atom. The van der Waals surface area contributed by atoms with Crippen molar-refractivity contribution in [3.05, 3.63) is 46.5 Å². The van der Waals surface area contributed by atoms with Crippen LogP contribution in [0.1, 0.15) is 31.8 Å². The van der Waals surface area contributed by atoms with Gasteiger partial charge in [0.2, 0.25) is 11.6 Å². The lowest BCUT2D eigenvalue weighted by Gasteiger charge is -2.26. The van der Waals surface area contributed by atoms with E-state index in [0.717, 1.165) is 0 Å². The Hall–Kier alpha value is -3.24. The highest BCUT2D eigenvalue weighted by Crippen LogP contribution is 2.42. The first kappa shape index (κ1) is 21.5. The van der Waals surface area contributed by atoms with Gasteiger partial charge in [0.15, 0.2) is 10.2 Å². The normalized spacial score (nSPS) is 12.0. The Balaban J connectivity index is 2.22. The molecule has 0 aliphatic heterocycles. The van der Waals surface area contributed by atoms with Crippen molar-refractivity contribution >= 4 is 57.6 Å². The zero-order valence-electron chi connectivity index (χ0n) is 16.7. The van der Waals surface area contributed by atoms with Gasteiger partial charge in [0.1, 0.15) is 11.5 Å². The Morgan fingerprint density at radius 3 is 1.33 bits per heavy atom. The number of aromatic hydroxyl groups is 2. The van der Waals surface area contributed by atoms with E-state index in [9.17, 15) is 19.8 Å². The summed E-state index contributed by atoms with van der Waals surface area (Å²) in [5.74, 6) is -1.92. The molecule has 3 rings (SSSR count). The molecular weight excluding hydrogens is 424 g/mol. The van der Waals surface area contributed by atoms with Gasteiger partial charge < -0.3 is 30.6 Å². The topological polar surface area (TPSA) is 105 Å². The highest BCUT2D eigenvalue weighted by molar-refractivity contribution is 7.80. The van der Waals surface area contributed by atoms with Crippen LogP contribution in [0.25, 0.3) is 0 Å². The molecular formula is C20H20N4O4S2. The Bertz CT molecular complexity index is 1020. The van der Waals surface area contributed by atoms with Gasteiger partial charge in [-0.1, -0.05) is 0 Å². The number of fused-ring (bicyclic) bond motifs is 2. The summed E-state index contributed by atoms with van der Waals surface area (Å²) in [5.41, 5.74) is 0.0739. The van der Waals surface area contributed by atoms with Crippen LogP contribution in [0.3, 0.4) is 0 Å². The smallest absolute Gasteiger partial charge is 0.200 e. The first-order valence-electron chi connectivity index (χ1n) is 8.82. The standard InChI is InChI=1S/C20H20N4O4S2/c1-23(2)19(29)21-9-5-7-11(25)15-13(9)17(27)16-12(26)8-6-10(14(16)18(15)28)22-20(30)24(3)4/h5-8,25-26H,1-4H3,(H,21,29)(H,22,30). The molecule has 0 atom stereocenters. The minimum atomic E-state index is -0.614. The molecule has 1 aliphatic rings. The number of rotatable bonds is 2. The number of carbonyl (C=O) groups excluding carboxylic acids is 2. The molecule has 10 heteroatoms. The maximum absolute atomic E-state index is 13.4. The maximum Gasteiger partial charge on any atom is 0.200 e. The Morgan fingerprint density at radius 2 is 1.03 bits per heavy atom. The van der Waals surface area contributed by atoms with E-state index in [1.165, 1.54) is 24.3 Å². The van der Waals surface area contributed by atoms with Crippen LogP contribution < -0.4 is 10.6 Å². The number of anilines is 2. The second-order valence-electron chi connectivity index (χ2n) is 7.07. The highest BCUT2D eigenvalue weighted by Gasteiger charge is 2.38. The second kappa shape index (κ2) is 7.88. The lowest BCUT2D eigenvalue weighted by atomic mass is 9.81. The van der Waals surface area contributed by atoms with E-state index in [4.69, 9.17) is 24.4 Å². The number of phenols is 2. The average Bonchev–Trinajstić information content (AvgIpc) is 2.68. The molecule has 30 heavy (non-hydrogen) atoms. The first-order chi connectivity index (χ1) is 14.0. The van der Waals surface area contributed by atoms with Gasteiger partial charge in [-0.3, -0.25) is 9.59 Å². The zero-order valence-corrected chi connectivity index (χ0v) is 18.4. The van der Waals surface area contributed by atoms with Gasteiger partial charge in [-0.05, 0) is 48.7 Å². The van der Waals surface area contributed by atoms with Gasteiger partial charge in [0, 0.05) is 28.2 Å². The number of nitrogens with one attached hydrogen (secondary N) is 2. The summed E-state index contributed by atoms with van der Waals surface area (Å²) in [5, 5.41) is 27.3. The fourth-order valence-corrected chi connectivity index (χ4v) is 3.25. The molecule has 4 N–H and O–H groups in total. The lowest BCUT2D eigenvalue weighted by molar-refractivity contribution is 0.0975. The summed E-state index contributed by atoms with van der Waals surface area (Å²) in [6.07, 6.45) is 0. The average molecular weight is 445 g/mol. The molecule has 0 heterocycles. The van der Waals surface area contributed by atoms with Crippen LogP contribution in [0, 0.1) is 0 Å². The summed E-state index contributed by atoms with van der Waals surface area (Å²) < 4.78 is 0. The molecule has 0 saturated heterocycles. The predicted molar refractivity (Wildman–Crippen MR) is 123 cm³/mol. The quantitative estimate of drug-likeness (QED) is 0.348. The largest absolute Gasteiger partial charge is 0.507 e. The van der Waals surface area contributed by atoms with Crippen LogP contribution in [0.4, 0.5) is 11.4 Å². The SMILES string of the molecule is CN(C)C(=S)Nc1ccc(O)c2c1C(=O)c1c(O)ccc(NC(=S)N(C)C)c1C2=O. The van der Waals surface area contributed by atoms with E-state index in [1.807, 2.05) is 0 Å². The van der Waals surface area contributed by atoms with Crippen molar-refractivity contribution in [1.29, 1.82) is 0 Å². The summed E-state index contributed by atoms with van der Waals surface area (Å²) in [6, 6.07) is 5.55. The van der Waals surface area contributed by atoms with Crippen LogP contribution in [0.2, 0.25) is 0 Å². The number of carbonyl (C=O) groups is 2. The summed E-state index contributed by atoms with van der Waals surface area (Å²) in [4.78, 5) is 30.0. The van der Waals surface area contributed by atoms with Crippen molar-refractivity contribution in [2.75, 3.05) is 38.8 Å². The van der Waals surface area contributed by atoms with E-state index >= 15 is 0 Å². The molecule has 1 aliphatic carbocycles. The van der Waals surface area contributed by atoms with Crippen molar-refractivity contribution in [2.45, 2.75) is 0 Å². The van der Waals surface area contributed by atoms with Crippen molar-refractivity contribution in [2.24, 2.45) is 0 Å². The number of nitrogens with zero attached hydrogens (tertiary/aromatic N) is 2. The van der Waals surface area contributed by atoms with Gasteiger partial charge >= 0.3 is 0 Å². The monoisotopic (exact) mass is 444 g/mol. The molecule has 0 bridgehead atoms. The van der Waals surface area contributed by atoms with Gasteiger partial charge in [0.05, 0.1) is 33.6 Å². The molecule has 0 unspecified atom stereocenters. The fraction of sp³-hybridized carbons (Fsp3) is 0.200. The zero-order chi connectivity index (χ0) is 22.3. The van der Waals surface area contributed by atoms with Crippen LogP contribution in [0.15, 0.2) is 24.3 Å². The van der Waals surface area contributed by atoms with Gasteiger partial charge in [-0.15, -0.1) is 0 Å². The number of thiocarbonyl (C=S) groups is 2. The number of ketones is 2. The second-order valence-corrected chi connectivity index (χ2v) is 7.85. The van der Waals surface area contributed by atoms with Gasteiger partial charge in [-0.25, -0.2) is 0 Å². The fourth-order valence-electron chi connectivity index (χ4n) is 3.03. The lowest BCUT2D eigenvalue weighted by Crippen LogP contribution is -2.31. The number of hydrogen-bond acceptors (Lipinski definition) is 6. The molecule has 8 nitrogen and oxygen atoms in total. The van der Waals surface area contributed by atoms with E-state index in [1.54, 1.807) is 38.0 Å². The minimum Gasteiger partial charge on any atom is -0.507 e. The highest BCUT2D eigenvalue weighted by atomic mass is 32.1. The Labute approximate surface area is 184 Å². The number of phenolic OH excluding ortho intramolecular Hbond substituents is 2. The molecule has 0 radical (unpaired) electrons. The third-order valence-electron chi connectivity index (χ3n) is 4.57. The first-order valence-corrected chi connectivity index (χ1v) is 9.64. The van der Waals surface area contributed by atoms with Crippen LogP contribution >= 0.6 is 24.4 Å². The van der Waals surface area contributed by atoms with Gasteiger partial charge in [0.25, 0.3) is 0 Å². The van der Waals surface area contributed by atoms with Gasteiger partial charge in [-0.2, -0.15) is 0 Å². The van der Waals surface area contributed by atoms with E-state index in [-0.39, 0.29) is 45.1 Å². The molecule has 2 aromatic carbocycles. The van der Waals surface area contributed by atoms with Crippen LogP contribution in [-0.2, 0) is 0 Å². The molecule has 0 spiro atoms. The van der Waals surface area contributed by atoms with Crippen LogP contribution in [-0.4, -0.2) is 70.0 Å². The summed E-state index contributed by atoms with van der Waals surface area (Å²) >= 11 is 10.5. The molecule has 156 valence electrons. The van der Waals surface area contributed by atoms with E-state index in [0.29, 0.717) is 10.2 Å². The minimum absolute atomic E-state index is 0.0562. The number of hydrogen-bond donors (Lipinski definition) is 4. The third kappa shape index (κ3) is 3.55. The van der Waals surface area contributed by atoms with Crippen molar-refractivity contribution < 1.29 is 19.8 Å². The van der Waals surface area contributed by atoms with E-state index < -0.39 is 11.6 Å². The third-order valence-corrected chi connectivity index (χ3v) is 5.50. The molecule has 0 saturated carbocycles. The maximum atomic E-state index is 13.4. The van der Waals surface area contributed by atoms with Crippen molar-refractivity contribution in [3.8, 4) is 11.5 Å². The van der Waals surface area contributed by atoms with Crippen LogP contribution in [0.5, 0.6) is 11.5 Å². The molecule has 0 amide bonds. The van der Waals surface area contributed by atoms with Crippen molar-refractivity contribution in [3.63, 3.8) is 0 Å². The summed E-state index contributed by atoms with van der Waals surface area (Å²) in [6.45, 7) is 0. The summed E-state index contributed by atoms with van der Waals surface area (Å²) in [7, 11) is 6.90. The van der Waals surface area contributed by atoms with E-state index in [2.05, 4.69) is 10.6 Å². The Kier molecular flexibility index (Phi) is 5.64. The number of benzene rings is 2. The predicted octanol–water partition coefficient (Wildman–Crippen LogP) is 2.39. The molecule has 0 aromatic heterocycles. The molecule has 0 fully saturated rings. The van der Waals surface area contributed by atoms with Crippen molar-refractivity contribution in [1.82, 2.24) is 9.80 Å².